The number of fused-ring (bicyclic) bond motifs is 1. The summed E-state index contributed by atoms with van der Waals surface area (Å²) >= 11 is 0. The monoisotopic (exact) mass is 349 g/mol. The molecule has 5 heteroatoms. The number of hydrogen-bond acceptors (Lipinski definition) is 2. The molecule has 1 aromatic heterocycles. The van der Waals surface area contributed by atoms with Crippen molar-refractivity contribution in [1.29, 1.82) is 0 Å². The lowest BCUT2D eigenvalue weighted by Gasteiger charge is -2.09. The smallest absolute Gasteiger partial charge is 0.226 e. The third kappa shape index (κ3) is 4.30. The number of aromatic amines is 1. The van der Waals surface area contributed by atoms with E-state index >= 15 is 0 Å². The Bertz CT molecular complexity index is 910. The number of carbonyl (C=O) groups excluding carboxylic acids is 2. The van der Waals surface area contributed by atoms with Gasteiger partial charge in [0, 0.05) is 35.2 Å². The maximum atomic E-state index is 12.2. The van der Waals surface area contributed by atoms with Crippen molar-refractivity contribution in [3.05, 3.63) is 65.9 Å². The number of aromatic nitrogens is 1. The zero-order valence-electron chi connectivity index (χ0n) is 15.0. The van der Waals surface area contributed by atoms with Gasteiger partial charge >= 0.3 is 0 Å². The van der Waals surface area contributed by atoms with Gasteiger partial charge in [-0.05, 0) is 29.3 Å². The van der Waals surface area contributed by atoms with Crippen LogP contribution in [0.3, 0.4) is 0 Å². The molecule has 0 radical (unpaired) electrons. The number of anilines is 1. The maximum absolute atomic E-state index is 12.2. The molecule has 0 aliphatic carbocycles. The number of amides is 2. The Morgan fingerprint density at radius 2 is 1.77 bits per heavy atom. The van der Waals surface area contributed by atoms with E-state index in [0.29, 0.717) is 13.0 Å². The Morgan fingerprint density at radius 1 is 1.04 bits per heavy atom. The minimum Gasteiger partial charge on any atom is -0.361 e. The summed E-state index contributed by atoms with van der Waals surface area (Å²) in [6, 6.07) is 15.5. The first-order valence-corrected chi connectivity index (χ1v) is 8.74. The van der Waals surface area contributed by atoms with Crippen LogP contribution in [-0.4, -0.2) is 16.8 Å². The molecular weight excluding hydrogens is 326 g/mol. The molecule has 134 valence electrons. The fourth-order valence-corrected chi connectivity index (χ4v) is 2.71. The first-order valence-electron chi connectivity index (χ1n) is 8.74. The highest BCUT2D eigenvalue weighted by Crippen LogP contribution is 2.18. The third-order valence-electron chi connectivity index (χ3n) is 4.26. The van der Waals surface area contributed by atoms with Crippen LogP contribution in [0, 0.1) is 5.92 Å². The quantitative estimate of drug-likeness (QED) is 0.636. The molecule has 3 rings (SSSR count). The summed E-state index contributed by atoms with van der Waals surface area (Å²) in [4.78, 5) is 27.1. The number of hydrogen-bond donors (Lipinski definition) is 3. The van der Waals surface area contributed by atoms with Crippen LogP contribution < -0.4 is 10.6 Å². The van der Waals surface area contributed by atoms with Crippen LogP contribution in [0.5, 0.6) is 0 Å². The Labute approximate surface area is 152 Å². The topological polar surface area (TPSA) is 74.0 Å². The van der Waals surface area contributed by atoms with Crippen molar-refractivity contribution in [2.24, 2.45) is 5.92 Å². The van der Waals surface area contributed by atoms with E-state index in [1.54, 1.807) is 0 Å². The molecule has 0 unspecified atom stereocenters. The van der Waals surface area contributed by atoms with Gasteiger partial charge in [0.1, 0.15) is 0 Å². The molecule has 26 heavy (non-hydrogen) atoms. The van der Waals surface area contributed by atoms with Gasteiger partial charge in [0.05, 0.1) is 6.42 Å². The van der Waals surface area contributed by atoms with Crippen molar-refractivity contribution >= 4 is 28.4 Å². The highest BCUT2D eigenvalue weighted by molar-refractivity contribution is 5.92. The Balaban J connectivity index is 1.53. The summed E-state index contributed by atoms with van der Waals surface area (Å²) in [7, 11) is 0. The molecule has 0 aliphatic heterocycles. The first-order chi connectivity index (χ1) is 12.5. The molecule has 2 amide bonds. The van der Waals surface area contributed by atoms with E-state index in [1.165, 1.54) is 0 Å². The zero-order chi connectivity index (χ0) is 18.5. The molecule has 0 saturated heterocycles. The normalized spacial score (nSPS) is 10.9. The Hall–Kier alpha value is -3.08. The van der Waals surface area contributed by atoms with Crippen molar-refractivity contribution in [2.75, 3.05) is 5.32 Å². The van der Waals surface area contributed by atoms with Gasteiger partial charge < -0.3 is 15.6 Å². The summed E-state index contributed by atoms with van der Waals surface area (Å²) in [6.07, 6.45) is 2.23. The van der Waals surface area contributed by atoms with Gasteiger partial charge in [-0.15, -0.1) is 0 Å². The number of benzene rings is 2. The average Bonchev–Trinajstić information content (AvgIpc) is 3.04. The van der Waals surface area contributed by atoms with E-state index in [0.717, 1.165) is 27.7 Å². The van der Waals surface area contributed by atoms with Crippen molar-refractivity contribution in [2.45, 2.75) is 26.8 Å². The first kappa shape index (κ1) is 17.7. The molecule has 0 aliphatic rings. The van der Waals surface area contributed by atoms with E-state index < -0.39 is 0 Å². The summed E-state index contributed by atoms with van der Waals surface area (Å²) in [5.74, 6) is -0.0878. The number of para-hydroxylation sites is 1. The fraction of sp³-hybridized carbons (Fsp3) is 0.238. The second-order valence-corrected chi connectivity index (χ2v) is 6.65. The van der Waals surface area contributed by atoms with E-state index in [1.807, 2.05) is 68.6 Å². The van der Waals surface area contributed by atoms with Gasteiger partial charge in [0.25, 0.3) is 0 Å². The molecular formula is C21H23N3O2. The van der Waals surface area contributed by atoms with Crippen molar-refractivity contribution in [1.82, 2.24) is 10.3 Å². The summed E-state index contributed by atoms with van der Waals surface area (Å²) in [5, 5.41) is 6.87. The SMILES string of the molecule is CC(C)C(=O)Nc1ccc(CNC(=O)Cc2c[nH]c3ccccc23)cc1. The zero-order valence-corrected chi connectivity index (χ0v) is 15.0. The Kier molecular flexibility index (Phi) is 5.37. The summed E-state index contributed by atoms with van der Waals surface area (Å²) < 4.78 is 0. The number of rotatable bonds is 6. The lowest BCUT2D eigenvalue weighted by Crippen LogP contribution is -2.24. The minimum atomic E-state index is -0.0570. The molecule has 1 heterocycles. The van der Waals surface area contributed by atoms with Crippen LogP contribution in [-0.2, 0) is 22.6 Å². The second kappa shape index (κ2) is 7.87. The van der Waals surface area contributed by atoms with Crippen LogP contribution in [0.15, 0.2) is 54.7 Å². The Morgan fingerprint density at radius 3 is 2.50 bits per heavy atom. The summed E-state index contributed by atoms with van der Waals surface area (Å²) in [5.41, 5.74) is 3.77. The predicted octanol–water partition coefficient (Wildman–Crippen LogP) is 3.62. The molecule has 3 aromatic rings. The van der Waals surface area contributed by atoms with Gasteiger partial charge in [-0.25, -0.2) is 0 Å². The molecule has 2 aromatic carbocycles. The molecule has 0 spiro atoms. The van der Waals surface area contributed by atoms with E-state index in [9.17, 15) is 9.59 Å². The van der Waals surface area contributed by atoms with Crippen LogP contribution in [0.4, 0.5) is 5.69 Å². The molecule has 5 nitrogen and oxygen atoms in total. The molecule has 3 N–H and O–H groups in total. The molecule has 0 atom stereocenters. The largest absolute Gasteiger partial charge is 0.361 e. The highest BCUT2D eigenvalue weighted by Gasteiger charge is 2.09. The van der Waals surface area contributed by atoms with Crippen molar-refractivity contribution in [3.63, 3.8) is 0 Å². The van der Waals surface area contributed by atoms with Gasteiger partial charge in [-0.1, -0.05) is 44.2 Å². The lowest BCUT2D eigenvalue weighted by atomic mass is 10.1. The minimum absolute atomic E-state index is 0.00946. The fourth-order valence-electron chi connectivity index (χ4n) is 2.71. The van der Waals surface area contributed by atoms with Crippen LogP contribution in [0.25, 0.3) is 10.9 Å². The lowest BCUT2D eigenvalue weighted by molar-refractivity contribution is -0.120. The average molecular weight is 349 g/mol. The third-order valence-corrected chi connectivity index (χ3v) is 4.26. The number of H-pyrrole nitrogens is 1. The van der Waals surface area contributed by atoms with Gasteiger partial charge in [0.15, 0.2) is 0 Å². The number of nitrogens with one attached hydrogen (secondary N) is 3. The van der Waals surface area contributed by atoms with E-state index in [4.69, 9.17) is 0 Å². The highest BCUT2D eigenvalue weighted by atomic mass is 16.2. The van der Waals surface area contributed by atoms with E-state index in [2.05, 4.69) is 15.6 Å². The van der Waals surface area contributed by atoms with E-state index in [-0.39, 0.29) is 17.7 Å². The van der Waals surface area contributed by atoms with Crippen molar-refractivity contribution < 1.29 is 9.59 Å². The predicted molar refractivity (Wildman–Crippen MR) is 104 cm³/mol. The van der Waals surface area contributed by atoms with Gasteiger partial charge in [-0.3, -0.25) is 9.59 Å². The standard InChI is InChI=1S/C21H23N3O2/c1-14(2)21(26)24-17-9-7-15(8-10-17)12-23-20(25)11-16-13-22-19-6-4-3-5-18(16)19/h3-10,13-14,22H,11-12H2,1-2H3,(H,23,25)(H,24,26). The molecule has 0 bridgehead atoms. The molecule has 0 saturated carbocycles. The second-order valence-electron chi connectivity index (χ2n) is 6.65. The van der Waals surface area contributed by atoms with Crippen LogP contribution >= 0.6 is 0 Å². The van der Waals surface area contributed by atoms with Gasteiger partial charge in [0.2, 0.25) is 11.8 Å². The number of carbonyl (C=O) groups is 2. The van der Waals surface area contributed by atoms with Crippen LogP contribution in [0.1, 0.15) is 25.0 Å². The summed E-state index contributed by atoms with van der Waals surface area (Å²) in [6.45, 7) is 4.17. The maximum Gasteiger partial charge on any atom is 0.226 e. The molecule has 0 fully saturated rings. The van der Waals surface area contributed by atoms with Gasteiger partial charge in [-0.2, -0.15) is 0 Å². The van der Waals surface area contributed by atoms with Crippen molar-refractivity contribution in [3.8, 4) is 0 Å². The van der Waals surface area contributed by atoms with Crippen LogP contribution in [0.2, 0.25) is 0 Å².